The van der Waals surface area contributed by atoms with E-state index in [4.69, 9.17) is 4.74 Å². The SMILES string of the molecule is O=C(NCC1COCCN1)c1cc([N+](=O)[O-])cn1C1CC1. The Morgan fingerprint density at radius 2 is 2.38 bits per heavy atom. The van der Waals surface area contributed by atoms with Gasteiger partial charge in [0.1, 0.15) is 5.69 Å². The number of carbonyl (C=O) groups is 1. The lowest BCUT2D eigenvalue weighted by atomic mass is 10.2. The number of amides is 1. The van der Waals surface area contributed by atoms with E-state index in [1.54, 1.807) is 4.57 Å². The summed E-state index contributed by atoms with van der Waals surface area (Å²) in [7, 11) is 0. The summed E-state index contributed by atoms with van der Waals surface area (Å²) in [6.45, 7) is 2.46. The van der Waals surface area contributed by atoms with Crippen LogP contribution in [0, 0.1) is 10.1 Å². The third-order valence-electron chi connectivity index (χ3n) is 3.73. The zero-order valence-corrected chi connectivity index (χ0v) is 11.6. The van der Waals surface area contributed by atoms with E-state index in [0.717, 1.165) is 19.4 Å². The number of hydrogen-bond acceptors (Lipinski definition) is 5. The molecule has 1 unspecified atom stereocenters. The Morgan fingerprint density at radius 3 is 3.00 bits per heavy atom. The van der Waals surface area contributed by atoms with Gasteiger partial charge >= 0.3 is 0 Å². The lowest BCUT2D eigenvalue weighted by molar-refractivity contribution is -0.384. The molecule has 0 radical (unpaired) electrons. The summed E-state index contributed by atoms with van der Waals surface area (Å²) in [6, 6.07) is 1.65. The standard InChI is InChI=1S/C13H18N4O4/c18-13(15-6-9-8-21-4-3-14-9)12-5-11(17(19)20)7-16(12)10-1-2-10/h5,7,9-10,14H,1-4,6,8H2,(H,15,18). The lowest BCUT2D eigenvalue weighted by Gasteiger charge is -2.24. The van der Waals surface area contributed by atoms with Crippen LogP contribution >= 0.6 is 0 Å². The van der Waals surface area contributed by atoms with Gasteiger partial charge in [-0.25, -0.2) is 0 Å². The molecule has 0 bridgehead atoms. The van der Waals surface area contributed by atoms with Gasteiger partial charge in [0.25, 0.3) is 11.6 Å². The second-order valence-corrected chi connectivity index (χ2v) is 5.42. The number of hydrogen-bond donors (Lipinski definition) is 2. The van der Waals surface area contributed by atoms with Gasteiger partial charge in [-0.2, -0.15) is 0 Å². The third-order valence-corrected chi connectivity index (χ3v) is 3.73. The Kier molecular flexibility index (Phi) is 3.89. The van der Waals surface area contributed by atoms with Crippen LogP contribution in [0.4, 0.5) is 5.69 Å². The van der Waals surface area contributed by atoms with Gasteiger partial charge in [-0.15, -0.1) is 0 Å². The molecule has 2 aliphatic rings. The second-order valence-electron chi connectivity index (χ2n) is 5.42. The van der Waals surface area contributed by atoms with Crippen molar-refractivity contribution in [1.82, 2.24) is 15.2 Å². The van der Waals surface area contributed by atoms with Crippen molar-refractivity contribution in [2.45, 2.75) is 24.9 Å². The molecule has 2 fully saturated rings. The number of nitro groups is 1. The number of morpholine rings is 1. The van der Waals surface area contributed by atoms with Gasteiger partial charge < -0.3 is 19.9 Å². The smallest absolute Gasteiger partial charge is 0.287 e. The van der Waals surface area contributed by atoms with Crippen LogP contribution in [0.2, 0.25) is 0 Å². The molecule has 0 spiro atoms. The van der Waals surface area contributed by atoms with Gasteiger partial charge in [0, 0.05) is 31.2 Å². The number of aromatic nitrogens is 1. The molecule has 2 N–H and O–H groups in total. The summed E-state index contributed by atoms with van der Waals surface area (Å²) in [5, 5.41) is 16.9. The van der Waals surface area contributed by atoms with Crippen molar-refractivity contribution in [1.29, 1.82) is 0 Å². The molecule has 1 aliphatic heterocycles. The molecule has 1 atom stereocenters. The first-order valence-corrected chi connectivity index (χ1v) is 7.11. The van der Waals surface area contributed by atoms with Gasteiger partial charge in [0.15, 0.2) is 0 Å². The fraction of sp³-hybridized carbons (Fsp3) is 0.615. The highest BCUT2D eigenvalue weighted by Crippen LogP contribution is 2.37. The number of nitrogens with zero attached hydrogens (tertiary/aromatic N) is 2. The maximum absolute atomic E-state index is 12.3. The predicted molar refractivity (Wildman–Crippen MR) is 74.3 cm³/mol. The number of nitrogens with one attached hydrogen (secondary N) is 2. The Balaban J connectivity index is 1.66. The fourth-order valence-electron chi connectivity index (χ4n) is 2.46. The summed E-state index contributed by atoms with van der Waals surface area (Å²) < 4.78 is 7.04. The van der Waals surface area contributed by atoms with Crippen LogP contribution in [-0.4, -0.2) is 47.7 Å². The highest BCUT2D eigenvalue weighted by Gasteiger charge is 2.30. The monoisotopic (exact) mass is 294 g/mol. The van der Waals surface area contributed by atoms with Gasteiger partial charge in [0.2, 0.25) is 0 Å². The van der Waals surface area contributed by atoms with Crippen LogP contribution < -0.4 is 10.6 Å². The summed E-state index contributed by atoms with van der Waals surface area (Å²) >= 11 is 0. The molecule has 1 aromatic heterocycles. The van der Waals surface area contributed by atoms with E-state index in [9.17, 15) is 14.9 Å². The second kappa shape index (κ2) is 5.82. The molecule has 3 rings (SSSR count). The van der Waals surface area contributed by atoms with E-state index in [1.165, 1.54) is 12.3 Å². The topological polar surface area (TPSA) is 98.4 Å². The quantitative estimate of drug-likeness (QED) is 0.607. The Labute approximate surface area is 121 Å². The molecule has 0 aromatic carbocycles. The Hall–Kier alpha value is -1.93. The minimum atomic E-state index is -0.466. The predicted octanol–water partition coefficient (Wildman–Crippen LogP) is 0.449. The molecule has 1 saturated carbocycles. The van der Waals surface area contributed by atoms with Crippen LogP contribution in [-0.2, 0) is 4.74 Å². The molecule has 8 heteroatoms. The Bertz CT molecular complexity index is 546. The fourth-order valence-corrected chi connectivity index (χ4v) is 2.46. The largest absolute Gasteiger partial charge is 0.378 e. The summed E-state index contributed by atoms with van der Waals surface area (Å²) in [4.78, 5) is 22.7. The molecule has 114 valence electrons. The minimum Gasteiger partial charge on any atom is -0.378 e. The van der Waals surface area contributed by atoms with Crippen LogP contribution in [0.5, 0.6) is 0 Å². The number of rotatable bonds is 5. The molecule has 1 aromatic rings. The normalized spacial score (nSPS) is 22.0. The van der Waals surface area contributed by atoms with Crippen molar-refractivity contribution in [3.8, 4) is 0 Å². The molecular formula is C13H18N4O4. The van der Waals surface area contributed by atoms with Crippen molar-refractivity contribution in [2.75, 3.05) is 26.3 Å². The molecule has 8 nitrogen and oxygen atoms in total. The van der Waals surface area contributed by atoms with E-state index in [2.05, 4.69) is 10.6 Å². The average Bonchev–Trinajstić information content (AvgIpc) is 3.24. The zero-order chi connectivity index (χ0) is 14.8. The number of ether oxygens (including phenoxy) is 1. The van der Waals surface area contributed by atoms with Gasteiger partial charge in [-0.05, 0) is 12.8 Å². The maximum atomic E-state index is 12.3. The number of carbonyl (C=O) groups excluding carboxylic acids is 1. The van der Waals surface area contributed by atoms with E-state index in [1.807, 2.05) is 0 Å². The Morgan fingerprint density at radius 1 is 1.57 bits per heavy atom. The molecule has 1 amide bonds. The van der Waals surface area contributed by atoms with E-state index >= 15 is 0 Å². The van der Waals surface area contributed by atoms with Gasteiger partial charge in [-0.1, -0.05) is 0 Å². The maximum Gasteiger partial charge on any atom is 0.287 e. The van der Waals surface area contributed by atoms with Crippen LogP contribution in [0.3, 0.4) is 0 Å². The first-order chi connectivity index (χ1) is 10.1. The van der Waals surface area contributed by atoms with E-state index in [-0.39, 0.29) is 23.7 Å². The van der Waals surface area contributed by atoms with E-state index < -0.39 is 4.92 Å². The van der Waals surface area contributed by atoms with Crippen molar-refractivity contribution in [3.63, 3.8) is 0 Å². The van der Waals surface area contributed by atoms with Crippen molar-refractivity contribution >= 4 is 11.6 Å². The van der Waals surface area contributed by atoms with Crippen LogP contribution in [0.25, 0.3) is 0 Å². The van der Waals surface area contributed by atoms with Gasteiger partial charge in [0.05, 0.1) is 24.3 Å². The van der Waals surface area contributed by atoms with Crippen LogP contribution in [0.1, 0.15) is 29.4 Å². The van der Waals surface area contributed by atoms with E-state index in [0.29, 0.717) is 25.5 Å². The lowest BCUT2D eigenvalue weighted by Crippen LogP contribution is -2.48. The highest BCUT2D eigenvalue weighted by atomic mass is 16.6. The molecule has 21 heavy (non-hydrogen) atoms. The first-order valence-electron chi connectivity index (χ1n) is 7.11. The summed E-state index contributed by atoms with van der Waals surface area (Å²) in [6.07, 6.45) is 3.38. The average molecular weight is 294 g/mol. The molecule has 1 aliphatic carbocycles. The summed E-state index contributed by atoms with van der Waals surface area (Å²) in [5.41, 5.74) is 0.326. The van der Waals surface area contributed by atoms with Crippen molar-refractivity contribution < 1.29 is 14.5 Å². The molecule has 1 saturated heterocycles. The van der Waals surface area contributed by atoms with Gasteiger partial charge in [-0.3, -0.25) is 14.9 Å². The minimum absolute atomic E-state index is 0.0359. The molecular weight excluding hydrogens is 276 g/mol. The summed E-state index contributed by atoms with van der Waals surface area (Å²) in [5.74, 6) is -0.276. The first kappa shape index (κ1) is 14.0. The zero-order valence-electron chi connectivity index (χ0n) is 11.6. The molecule has 2 heterocycles. The van der Waals surface area contributed by atoms with Crippen molar-refractivity contribution in [2.24, 2.45) is 0 Å². The van der Waals surface area contributed by atoms with Crippen molar-refractivity contribution in [3.05, 3.63) is 28.1 Å². The highest BCUT2D eigenvalue weighted by molar-refractivity contribution is 5.93. The third kappa shape index (κ3) is 3.22. The van der Waals surface area contributed by atoms with Crippen LogP contribution in [0.15, 0.2) is 12.3 Å².